The lowest BCUT2D eigenvalue weighted by molar-refractivity contribution is -0.146. The zero-order chi connectivity index (χ0) is 15.0. The summed E-state index contributed by atoms with van der Waals surface area (Å²) >= 11 is 0. The van der Waals surface area contributed by atoms with E-state index >= 15 is 0 Å². The number of aliphatic carboxylic acids is 1. The molecule has 0 aromatic rings. The van der Waals surface area contributed by atoms with Gasteiger partial charge in [0.05, 0.1) is 24.2 Å². The van der Waals surface area contributed by atoms with Gasteiger partial charge in [0.1, 0.15) is 0 Å². The first kappa shape index (κ1) is 16.7. The summed E-state index contributed by atoms with van der Waals surface area (Å²) in [4.78, 5) is 11.0. The Labute approximate surface area is 117 Å². The van der Waals surface area contributed by atoms with Gasteiger partial charge in [0.25, 0.3) is 0 Å². The number of carbonyl (C=O) groups is 1. The smallest absolute Gasteiger partial charge is 0.308 e. The molecule has 19 heavy (non-hydrogen) atoms. The monoisotopic (exact) mass is 288 g/mol. The van der Waals surface area contributed by atoms with Crippen LogP contribution in [0.25, 0.3) is 0 Å². The summed E-state index contributed by atoms with van der Waals surface area (Å²) in [5.41, 5.74) is 0. The molecule has 4 nitrogen and oxygen atoms in total. The Kier molecular flexibility index (Phi) is 4.86. The van der Waals surface area contributed by atoms with E-state index in [2.05, 4.69) is 33.9 Å². The molecular formula is C14H28O4Si. The van der Waals surface area contributed by atoms with Gasteiger partial charge in [-0.2, -0.15) is 0 Å². The molecule has 0 radical (unpaired) electrons. The molecule has 1 fully saturated rings. The van der Waals surface area contributed by atoms with Crippen LogP contribution in [0.3, 0.4) is 0 Å². The summed E-state index contributed by atoms with van der Waals surface area (Å²) in [6.45, 7) is 14.7. The normalized spacial score (nSPS) is 30.4. The third-order valence-electron chi connectivity index (χ3n) is 4.58. The lowest BCUT2D eigenvalue weighted by atomic mass is 10.0. The van der Waals surface area contributed by atoms with Gasteiger partial charge in [-0.3, -0.25) is 4.79 Å². The minimum Gasteiger partial charge on any atom is -0.481 e. The van der Waals surface area contributed by atoms with E-state index in [1.807, 2.05) is 6.92 Å². The van der Waals surface area contributed by atoms with Crippen molar-refractivity contribution in [2.24, 2.45) is 5.92 Å². The van der Waals surface area contributed by atoms with Gasteiger partial charge < -0.3 is 14.3 Å². The highest BCUT2D eigenvalue weighted by molar-refractivity contribution is 6.74. The maximum Gasteiger partial charge on any atom is 0.308 e. The van der Waals surface area contributed by atoms with Crippen molar-refractivity contribution in [3.05, 3.63) is 0 Å². The van der Waals surface area contributed by atoms with Crippen LogP contribution in [0.5, 0.6) is 0 Å². The summed E-state index contributed by atoms with van der Waals surface area (Å²) in [5.74, 6) is -1.28. The van der Waals surface area contributed by atoms with Crippen LogP contribution in [0.2, 0.25) is 18.1 Å². The van der Waals surface area contributed by atoms with Crippen LogP contribution in [0.15, 0.2) is 0 Å². The van der Waals surface area contributed by atoms with Gasteiger partial charge in [-0.05, 0) is 32.0 Å². The van der Waals surface area contributed by atoms with Gasteiger partial charge in [-0.25, -0.2) is 0 Å². The lowest BCUT2D eigenvalue weighted by Crippen LogP contribution is -2.45. The molecule has 0 saturated carbocycles. The van der Waals surface area contributed by atoms with Gasteiger partial charge in [-0.15, -0.1) is 0 Å². The maximum atomic E-state index is 11.0. The molecule has 1 N–H and O–H groups in total. The zero-order valence-corrected chi connectivity index (χ0v) is 14.2. The molecule has 4 atom stereocenters. The van der Waals surface area contributed by atoms with E-state index in [0.29, 0.717) is 6.42 Å². The maximum absolute atomic E-state index is 11.0. The summed E-state index contributed by atoms with van der Waals surface area (Å²) in [6.07, 6.45) is 0.442. The Morgan fingerprint density at radius 1 is 1.42 bits per heavy atom. The van der Waals surface area contributed by atoms with E-state index in [-0.39, 0.29) is 23.4 Å². The second-order valence-electron chi connectivity index (χ2n) is 7.16. The highest BCUT2D eigenvalue weighted by Gasteiger charge is 2.45. The van der Waals surface area contributed by atoms with Crippen LogP contribution >= 0.6 is 0 Å². The molecule has 5 heteroatoms. The number of ether oxygens (including phenoxy) is 1. The summed E-state index contributed by atoms with van der Waals surface area (Å²) in [6, 6.07) is 0. The quantitative estimate of drug-likeness (QED) is 0.807. The molecule has 1 aliphatic heterocycles. The number of hydrogen-bond acceptors (Lipinski definition) is 3. The first-order valence-corrected chi connectivity index (χ1v) is 9.92. The van der Waals surface area contributed by atoms with Crippen LogP contribution in [-0.4, -0.2) is 37.7 Å². The Morgan fingerprint density at radius 2 is 1.95 bits per heavy atom. The van der Waals surface area contributed by atoms with Crippen molar-refractivity contribution in [1.29, 1.82) is 0 Å². The highest BCUT2D eigenvalue weighted by atomic mass is 28.4. The van der Waals surface area contributed by atoms with Gasteiger partial charge in [0.2, 0.25) is 0 Å². The summed E-state index contributed by atoms with van der Waals surface area (Å²) in [7, 11) is -1.83. The molecule has 0 aromatic heterocycles. The van der Waals surface area contributed by atoms with Crippen LogP contribution in [0.4, 0.5) is 0 Å². The number of carboxylic acid groups (broad SMARTS) is 1. The predicted molar refractivity (Wildman–Crippen MR) is 77.8 cm³/mol. The highest BCUT2D eigenvalue weighted by Crippen LogP contribution is 2.40. The fourth-order valence-corrected chi connectivity index (χ4v) is 3.42. The topological polar surface area (TPSA) is 55.8 Å². The molecule has 1 saturated heterocycles. The van der Waals surface area contributed by atoms with E-state index in [4.69, 9.17) is 14.3 Å². The zero-order valence-electron chi connectivity index (χ0n) is 13.2. The average Bonchev–Trinajstić information content (AvgIpc) is 2.56. The van der Waals surface area contributed by atoms with E-state index in [0.717, 1.165) is 0 Å². The van der Waals surface area contributed by atoms with Crippen LogP contribution < -0.4 is 0 Å². The lowest BCUT2D eigenvalue weighted by Gasteiger charge is -2.39. The third kappa shape index (κ3) is 3.80. The van der Waals surface area contributed by atoms with Gasteiger partial charge in [0.15, 0.2) is 8.32 Å². The number of hydrogen-bond donors (Lipinski definition) is 1. The minimum absolute atomic E-state index is 0.0210. The minimum atomic E-state index is -1.83. The van der Waals surface area contributed by atoms with E-state index in [1.54, 1.807) is 6.92 Å². The molecule has 0 spiro atoms. The molecule has 0 bridgehead atoms. The predicted octanol–water partition coefficient (Wildman–Crippen LogP) is 3.27. The van der Waals surface area contributed by atoms with Crippen molar-refractivity contribution in [1.82, 2.24) is 0 Å². The van der Waals surface area contributed by atoms with Crippen LogP contribution in [0, 0.1) is 5.92 Å². The fraction of sp³-hybridized carbons (Fsp3) is 0.929. The van der Waals surface area contributed by atoms with Crippen molar-refractivity contribution < 1.29 is 19.1 Å². The Morgan fingerprint density at radius 3 is 2.37 bits per heavy atom. The van der Waals surface area contributed by atoms with Crippen LogP contribution in [0.1, 0.15) is 41.0 Å². The third-order valence-corrected chi connectivity index (χ3v) is 9.08. The van der Waals surface area contributed by atoms with Crippen molar-refractivity contribution in [3.63, 3.8) is 0 Å². The van der Waals surface area contributed by atoms with Gasteiger partial charge in [-0.1, -0.05) is 20.8 Å². The second kappa shape index (κ2) is 5.54. The second-order valence-corrected chi connectivity index (χ2v) is 11.9. The molecule has 112 valence electrons. The van der Waals surface area contributed by atoms with Gasteiger partial charge in [0, 0.05) is 6.42 Å². The van der Waals surface area contributed by atoms with Crippen molar-refractivity contribution in [2.45, 2.75) is 77.5 Å². The number of rotatable bonds is 4. The largest absolute Gasteiger partial charge is 0.481 e. The Balaban J connectivity index is 2.70. The van der Waals surface area contributed by atoms with E-state index in [1.165, 1.54) is 0 Å². The first-order chi connectivity index (χ1) is 8.45. The number of carboxylic acids is 1. The molecule has 0 unspecified atom stereocenters. The summed E-state index contributed by atoms with van der Waals surface area (Å²) < 4.78 is 12.1. The van der Waals surface area contributed by atoms with E-state index in [9.17, 15) is 4.79 Å². The molecule has 0 aliphatic carbocycles. The molecule has 1 heterocycles. The molecule has 1 aliphatic rings. The Hall–Kier alpha value is -0.393. The molecular weight excluding hydrogens is 260 g/mol. The van der Waals surface area contributed by atoms with Crippen molar-refractivity contribution >= 4 is 14.3 Å². The van der Waals surface area contributed by atoms with Crippen LogP contribution in [-0.2, 0) is 14.0 Å². The Bertz CT molecular complexity index is 335. The summed E-state index contributed by atoms with van der Waals surface area (Å²) in [5, 5.41) is 9.22. The average molecular weight is 288 g/mol. The fourth-order valence-electron chi connectivity index (χ4n) is 2.02. The molecule has 0 aromatic carbocycles. The standard InChI is InChI=1S/C14H28O4Si/c1-9(13(15)16)11-8-12(10(2)17-11)18-19(6,7)14(3,4)5/h9-12H,8H2,1-7H3,(H,15,16)/t9-,10+,11+,12-/m1/s1. The van der Waals surface area contributed by atoms with Crippen molar-refractivity contribution in [2.75, 3.05) is 0 Å². The SMILES string of the molecule is C[C@@H]1O[C@H]([C@@H](C)C(=O)O)C[C@H]1O[Si](C)(C)C(C)(C)C. The molecule has 0 amide bonds. The van der Waals surface area contributed by atoms with E-state index < -0.39 is 20.2 Å². The van der Waals surface area contributed by atoms with Gasteiger partial charge >= 0.3 is 5.97 Å². The molecule has 1 rings (SSSR count). The first-order valence-electron chi connectivity index (χ1n) is 7.02. The van der Waals surface area contributed by atoms with Crippen molar-refractivity contribution in [3.8, 4) is 0 Å².